The minimum Gasteiger partial charge on any atom is -0.385 e. The highest BCUT2D eigenvalue weighted by molar-refractivity contribution is 7.10. The van der Waals surface area contributed by atoms with Gasteiger partial charge < -0.3 is 5.11 Å². The van der Waals surface area contributed by atoms with E-state index >= 15 is 0 Å². The number of aliphatic hydroxyl groups is 1. The van der Waals surface area contributed by atoms with E-state index in [0.717, 1.165) is 30.6 Å². The van der Waals surface area contributed by atoms with Crippen LogP contribution in [0.3, 0.4) is 0 Å². The van der Waals surface area contributed by atoms with Gasteiger partial charge >= 0.3 is 0 Å². The Morgan fingerprint density at radius 3 is 2.69 bits per heavy atom. The highest BCUT2D eigenvalue weighted by Crippen LogP contribution is 2.29. The topological polar surface area (TPSA) is 37.3 Å². The Morgan fingerprint density at radius 1 is 1.44 bits per heavy atom. The number of hydrogen-bond acceptors (Lipinski definition) is 3. The molecule has 1 unspecified atom stereocenters. The molecule has 1 aromatic heterocycles. The average Bonchev–Trinajstić information content (AvgIpc) is 2.75. The van der Waals surface area contributed by atoms with Gasteiger partial charge in [-0.1, -0.05) is 19.3 Å². The number of hydrogen-bond donors (Lipinski definition) is 1. The lowest BCUT2D eigenvalue weighted by Crippen LogP contribution is -2.31. The smallest absolute Gasteiger partial charge is 0.192 e. The maximum atomic E-state index is 12.1. The standard InChI is InChI=1S/C13H18O2S/c1-9-11(7-8-16-9)13(15)12(14)10-5-3-2-4-6-10/h7-8,10,12,14H,2-6H2,1H3. The molecule has 1 heterocycles. The fraction of sp³-hybridized carbons (Fsp3) is 0.615. The van der Waals surface area contributed by atoms with Crippen LogP contribution in [0.1, 0.15) is 47.3 Å². The van der Waals surface area contributed by atoms with E-state index in [1.165, 1.54) is 6.42 Å². The maximum absolute atomic E-state index is 12.1. The van der Waals surface area contributed by atoms with Gasteiger partial charge in [0, 0.05) is 10.4 Å². The summed E-state index contributed by atoms with van der Waals surface area (Å²) < 4.78 is 0. The molecule has 1 aliphatic carbocycles. The second kappa shape index (κ2) is 5.11. The fourth-order valence-electron chi connectivity index (χ4n) is 2.46. The van der Waals surface area contributed by atoms with Gasteiger partial charge in [0.2, 0.25) is 0 Å². The van der Waals surface area contributed by atoms with Gasteiger partial charge in [0.1, 0.15) is 6.10 Å². The first kappa shape index (κ1) is 11.8. The van der Waals surface area contributed by atoms with Crippen LogP contribution in [-0.2, 0) is 0 Å². The number of aliphatic hydroxyl groups excluding tert-OH is 1. The largest absolute Gasteiger partial charge is 0.385 e. The Kier molecular flexibility index (Phi) is 3.77. The van der Waals surface area contributed by atoms with Crippen LogP contribution in [0, 0.1) is 12.8 Å². The number of Topliss-reactive ketones (excluding diaryl/α,β-unsaturated/α-hetero) is 1. The molecule has 16 heavy (non-hydrogen) atoms. The summed E-state index contributed by atoms with van der Waals surface area (Å²) in [6.45, 7) is 1.94. The summed E-state index contributed by atoms with van der Waals surface area (Å²) in [6, 6.07) is 1.83. The first-order valence-corrected chi connectivity index (χ1v) is 6.84. The fourth-order valence-corrected chi connectivity index (χ4v) is 3.17. The monoisotopic (exact) mass is 238 g/mol. The molecular weight excluding hydrogens is 220 g/mol. The number of thiophene rings is 1. The third kappa shape index (κ3) is 2.36. The van der Waals surface area contributed by atoms with Crippen LogP contribution in [0.15, 0.2) is 11.4 Å². The van der Waals surface area contributed by atoms with Crippen LogP contribution in [-0.4, -0.2) is 17.0 Å². The van der Waals surface area contributed by atoms with E-state index < -0.39 is 6.10 Å². The van der Waals surface area contributed by atoms with Gasteiger partial charge in [-0.15, -0.1) is 11.3 Å². The molecule has 1 atom stereocenters. The quantitative estimate of drug-likeness (QED) is 0.821. The molecule has 1 fully saturated rings. The summed E-state index contributed by atoms with van der Waals surface area (Å²) in [5.41, 5.74) is 0.711. The molecule has 2 rings (SSSR count). The third-order valence-corrected chi connectivity index (χ3v) is 4.33. The van der Waals surface area contributed by atoms with E-state index in [1.54, 1.807) is 11.3 Å². The number of carbonyl (C=O) groups excluding carboxylic acids is 1. The summed E-state index contributed by atoms with van der Waals surface area (Å²) in [7, 11) is 0. The molecule has 1 aromatic rings. The normalized spacial score (nSPS) is 19.6. The number of carbonyl (C=O) groups is 1. The highest BCUT2D eigenvalue weighted by atomic mass is 32.1. The predicted molar refractivity (Wildman–Crippen MR) is 66.0 cm³/mol. The molecule has 0 aliphatic heterocycles. The molecule has 1 saturated carbocycles. The molecule has 1 N–H and O–H groups in total. The Morgan fingerprint density at radius 2 is 2.12 bits per heavy atom. The van der Waals surface area contributed by atoms with Crippen molar-refractivity contribution in [2.45, 2.75) is 45.1 Å². The molecule has 0 amide bonds. The summed E-state index contributed by atoms with van der Waals surface area (Å²) in [6.07, 6.45) is 4.75. The van der Waals surface area contributed by atoms with Crippen molar-refractivity contribution >= 4 is 17.1 Å². The number of rotatable bonds is 3. The molecule has 3 heteroatoms. The highest BCUT2D eigenvalue weighted by Gasteiger charge is 2.29. The van der Waals surface area contributed by atoms with Crippen LogP contribution in [0.5, 0.6) is 0 Å². The first-order chi connectivity index (χ1) is 7.70. The van der Waals surface area contributed by atoms with E-state index in [0.29, 0.717) is 5.56 Å². The lowest BCUT2D eigenvalue weighted by atomic mass is 9.83. The zero-order chi connectivity index (χ0) is 11.5. The summed E-state index contributed by atoms with van der Waals surface area (Å²) in [5.74, 6) is 0.103. The van der Waals surface area contributed by atoms with Crippen LogP contribution in [0.2, 0.25) is 0 Å². The summed E-state index contributed by atoms with van der Waals surface area (Å²) in [5, 5.41) is 12.0. The van der Waals surface area contributed by atoms with Gasteiger partial charge in [0.25, 0.3) is 0 Å². The van der Waals surface area contributed by atoms with E-state index in [1.807, 2.05) is 18.4 Å². The Labute approximate surface area is 100 Å². The van der Waals surface area contributed by atoms with Crippen molar-refractivity contribution in [3.05, 3.63) is 21.9 Å². The van der Waals surface area contributed by atoms with E-state index in [9.17, 15) is 9.90 Å². The van der Waals surface area contributed by atoms with E-state index in [-0.39, 0.29) is 11.7 Å². The van der Waals surface area contributed by atoms with Gasteiger partial charge in [-0.25, -0.2) is 0 Å². The average molecular weight is 238 g/mol. The molecular formula is C13H18O2S. The molecule has 0 spiro atoms. The second-order valence-electron chi connectivity index (χ2n) is 4.60. The molecule has 0 bridgehead atoms. The first-order valence-electron chi connectivity index (χ1n) is 5.96. The molecule has 0 radical (unpaired) electrons. The summed E-state index contributed by atoms with van der Waals surface area (Å²) >= 11 is 1.56. The zero-order valence-electron chi connectivity index (χ0n) is 9.61. The minimum atomic E-state index is -0.784. The molecule has 2 nitrogen and oxygen atoms in total. The minimum absolute atomic E-state index is 0.0781. The van der Waals surface area contributed by atoms with Crippen LogP contribution in [0.25, 0.3) is 0 Å². The Hall–Kier alpha value is -0.670. The Balaban J connectivity index is 2.06. The SMILES string of the molecule is Cc1sccc1C(=O)C(O)C1CCCCC1. The van der Waals surface area contributed by atoms with Crippen molar-refractivity contribution in [2.24, 2.45) is 5.92 Å². The van der Waals surface area contributed by atoms with E-state index in [2.05, 4.69) is 0 Å². The van der Waals surface area contributed by atoms with Gasteiger partial charge in [-0.3, -0.25) is 4.79 Å². The maximum Gasteiger partial charge on any atom is 0.192 e. The van der Waals surface area contributed by atoms with Gasteiger partial charge in [0.15, 0.2) is 5.78 Å². The van der Waals surface area contributed by atoms with Crippen molar-refractivity contribution < 1.29 is 9.90 Å². The summed E-state index contributed by atoms with van der Waals surface area (Å²) in [4.78, 5) is 13.1. The number of ketones is 1. The van der Waals surface area contributed by atoms with Crippen LogP contribution in [0.4, 0.5) is 0 Å². The van der Waals surface area contributed by atoms with Gasteiger partial charge in [0.05, 0.1) is 0 Å². The van der Waals surface area contributed by atoms with Crippen molar-refractivity contribution in [1.82, 2.24) is 0 Å². The van der Waals surface area contributed by atoms with Gasteiger partial charge in [-0.05, 0) is 37.1 Å². The van der Waals surface area contributed by atoms with E-state index in [4.69, 9.17) is 0 Å². The van der Waals surface area contributed by atoms with Gasteiger partial charge in [-0.2, -0.15) is 0 Å². The van der Waals surface area contributed by atoms with Crippen molar-refractivity contribution in [2.75, 3.05) is 0 Å². The molecule has 1 aliphatic rings. The van der Waals surface area contributed by atoms with Crippen molar-refractivity contribution in [3.63, 3.8) is 0 Å². The Bertz CT molecular complexity index is 364. The predicted octanol–water partition coefficient (Wildman–Crippen LogP) is 3.18. The lowest BCUT2D eigenvalue weighted by Gasteiger charge is -2.25. The number of aryl methyl sites for hydroxylation is 1. The van der Waals surface area contributed by atoms with Crippen LogP contribution < -0.4 is 0 Å². The molecule has 0 saturated heterocycles. The third-order valence-electron chi connectivity index (χ3n) is 3.49. The lowest BCUT2D eigenvalue weighted by molar-refractivity contribution is 0.0534. The van der Waals surface area contributed by atoms with Crippen LogP contribution >= 0.6 is 11.3 Å². The molecule has 88 valence electrons. The zero-order valence-corrected chi connectivity index (χ0v) is 10.4. The van der Waals surface area contributed by atoms with Crippen molar-refractivity contribution in [3.8, 4) is 0 Å². The van der Waals surface area contributed by atoms with Crippen molar-refractivity contribution in [1.29, 1.82) is 0 Å². The molecule has 0 aromatic carbocycles. The second-order valence-corrected chi connectivity index (χ2v) is 5.72.